The number of phenols is 1. The summed E-state index contributed by atoms with van der Waals surface area (Å²) in [4.78, 5) is 11.4. The number of aromatic hydroxyl groups is 1. The van der Waals surface area contributed by atoms with Gasteiger partial charge in [-0.3, -0.25) is 0 Å². The van der Waals surface area contributed by atoms with Gasteiger partial charge in [0.1, 0.15) is 11.9 Å². The second kappa shape index (κ2) is 16.8. The SMILES string of the molecule is C=C/C=C\[C@H](C)[C@H](OC(N)=O)[C@@H](C)[C@H](O)[C@@H](C)C/C=C\[C@H](C)[C@@H](O)[C@@H](C)/C=C\CCc1cccc(O)c1. The van der Waals surface area contributed by atoms with Crippen molar-refractivity contribution in [1.29, 1.82) is 0 Å². The van der Waals surface area contributed by atoms with Crippen LogP contribution in [0.25, 0.3) is 0 Å². The van der Waals surface area contributed by atoms with Gasteiger partial charge in [0.15, 0.2) is 0 Å². The topological polar surface area (TPSA) is 113 Å². The predicted octanol–water partition coefficient (Wildman–Crippen LogP) is 5.94. The van der Waals surface area contributed by atoms with Crippen molar-refractivity contribution in [1.82, 2.24) is 0 Å². The van der Waals surface area contributed by atoms with E-state index in [1.54, 1.807) is 24.3 Å². The van der Waals surface area contributed by atoms with E-state index in [0.29, 0.717) is 6.42 Å². The van der Waals surface area contributed by atoms with Crippen molar-refractivity contribution in [2.45, 2.75) is 72.2 Å². The number of rotatable bonds is 16. The molecule has 0 spiro atoms. The number of benzene rings is 1. The van der Waals surface area contributed by atoms with Crippen LogP contribution in [-0.2, 0) is 11.2 Å². The summed E-state index contributed by atoms with van der Waals surface area (Å²) in [5.74, 6) is -0.335. The zero-order valence-electron chi connectivity index (χ0n) is 23.0. The molecule has 0 unspecified atom stereocenters. The van der Waals surface area contributed by atoms with Crippen LogP contribution < -0.4 is 5.73 Å². The highest BCUT2D eigenvalue weighted by atomic mass is 16.6. The van der Waals surface area contributed by atoms with Crippen molar-refractivity contribution in [3.63, 3.8) is 0 Å². The summed E-state index contributed by atoms with van der Waals surface area (Å²) in [7, 11) is 0. The Hall–Kier alpha value is -2.83. The first kappa shape index (κ1) is 32.2. The smallest absolute Gasteiger partial charge is 0.404 e. The van der Waals surface area contributed by atoms with Gasteiger partial charge < -0.3 is 25.8 Å². The Morgan fingerprint density at radius 1 is 1.00 bits per heavy atom. The second-order valence-corrected chi connectivity index (χ2v) is 10.2. The first-order chi connectivity index (χ1) is 17.5. The third-order valence-electron chi connectivity index (χ3n) is 6.94. The number of nitrogens with two attached hydrogens (primary N) is 1. The Kier molecular flexibility index (Phi) is 14.6. The minimum Gasteiger partial charge on any atom is -0.508 e. The third kappa shape index (κ3) is 11.8. The van der Waals surface area contributed by atoms with Gasteiger partial charge in [-0.15, -0.1) is 0 Å². The van der Waals surface area contributed by atoms with Crippen LogP contribution >= 0.6 is 0 Å². The number of carbonyl (C=O) groups is 1. The van der Waals surface area contributed by atoms with E-state index in [-0.39, 0.29) is 35.3 Å². The summed E-state index contributed by atoms with van der Waals surface area (Å²) in [6.07, 6.45) is 13.0. The van der Waals surface area contributed by atoms with Crippen molar-refractivity contribution in [2.75, 3.05) is 0 Å². The van der Waals surface area contributed by atoms with Crippen LogP contribution in [-0.4, -0.2) is 39.7 Å². The number of amides is 1. The fourth-order valence-electron chi connectivity index (χ4n) is 4.53. The average Bonchev–Trinajstić information content (AvgIpc) is 2.86. The van der Waals surface area contributed by atoms with E-state index in [2.05, 4.69) is 12.7 Å². The highest BCUT2D eigenvalue weighted by molar-refractivity contribution is 5.64. The van der Waals surface area contributed by atoms with E-state index in [1.165, 1.54) is 0 Å². The lowest BCUT2D eigenvalue weighted by molar-refractivity contribution is -0.0261. The molecule has 0 aliphatic heterocycles. The van der Waals surface area contributed by atoms with Gasteiger partial charge >= 0.3 is 6.09 Å². The maximum absolute atomic E-state index is 11.4. The van der Waals surface area contributed by atoms with Crippen LogP contribution in [0.5, 0.6) is 5.75 Å². The van der Waals surface area contributed by atoms with E-state index in [0.717, 1.165) is 18.4 Å². The lowest BCUT2D eigenvalue weighted by atomic mass is 9.82. The van der Waals surface area contributed by atoms with Crippen LogP contribution in [0.2, 0.25) is 0 Å². The minimum atomic E-state index is -0.860. The summed E-state index contributed by atoms with van der Waals surface area (Å²) in [6.45, 7) is 13.4. The Balaban J connectivity index is 2.60. The first-order valence-corrected chi connectivity index (χ1v) is 13.2. The molecule has 6 heteroatoms. The number of phenolic OH excluding ortho intramolecular Hbond substituents is 1. The Labute approximate surface area is 223 Å². The van der Waals surface area contributed by atoms with E-state index in [1.807, 2.05) is 71.1 Å². The van der Waals surface area contributed by atoms with Gasteiger partial charge in [-0.2, -0.15) is 0 Å². The maximum atomic E-state index is 11.4. The normalized spacial score (nSPS) is 18.8. The molecule has 1 aromatic carbocycles. The molecule has 6 nitrogen and oxygen atoms in total. The van der Waals surface area contributed by atoms with Crippen molar-refractivity contribution < 1.29 is 24.9 Å². The molecule has 0 fully saturated rings. The van der Waals surface area contributed by atoms with Gasteiger partial charge in [0.05, 0.1) is 12.2 Å². The number of ether oxygens (including phenoxy) is 1. The minimum absolute atomic E-state index is 0.0105. The molecule has 8 atom stereocenters. The number of hydrogen-bond donors (Lipinski definition) is 4. The lowest BCUT2D eigenvalue weighted by Gasteiger charge is -2.33. The standard InChI is InChI=1S/C31H47NO5/c1-7-8-13-24(5)30(37-31(32)36)25(6)29(35)23(4)16-11-15-22(3)28(34)21(2)14-9-10-17-26-18-12-19-27(33)20-26/h7-9,11-15,18-25,28-30,33-35H,1,10,16-17H2,2-6H3,(H2,32,36)/b13-8-,14-9-,15-11-/t21-,22-,23-,24-,25-,28-,29+,30-/m0/s1. The summed E-state index contributed by atoms with van der Waals surface area (Å²) in [5, 5.41) is 31.2. The molecule has 0 aliphatic carbocycles. The van der Waals surface area contributed by atoms with E-state index < -0.39 is 24.4 Å². The average molecular weight is 514 g/mol. The molecule has 37 heavy (non-hydrogen) atoms. The van der Waals surface area contributed by atoms with Crippen molar-refractivity contribution >= 4 is 6.09 Å². The molecule has 0 aromatic heterocycles. The number of hydrogen-bond acceptors (Lipinski definition) is 5. The zero-order valence-corrected chi connectivity index (χ0v) is 23.0. The Morgan fingerprint density at radius 2 is 1.65 bits per heavy atom. The quantitative estimate of drug-likeness (QED) is 0.161. The molecule has 1 rings (SSSR count). The molecule has 0 heterocycles. The van der Waals surface area contributed by atoms with Crippen LogP contribution in [0, 0.1) is 29.6 Å². The summed E-state index contributed by atoms with van der Waals surface area (Å²) in [6, 6.07) is 7.25. The van der Waals surface area contributed by atoms with Gasteiger partial charge in [-0.1, -0.05) is 95.9 Å². The molecule has 1 amide bonds. The molecule has 206 valence electrons. The van der Waals surface area contributed by atoms with Gasteiger partial charge in [0, 0.05) is 23.7 Å². The number of aliphatic hydroxyl groups is 2. The van der Waals surface area contributed by atoms with E-state index >= 15 is 0 Å². The third-order valence-corrected chi connectivity index (χ3v) is 6.94. The summed E-state index contributed by atoms with van der Waals surface area (Å²) >= 11 is 0. The maximum Gasteiger partial charge on any atom is 0.404 e. The summed E-state index contributed by atoms with van der Waals surface area (Å²) < 4.78 is 5.34. The van der Waals surface area contributed by atoms with Gasteiger partial charge in [0.2, 0.25) is 0 Å². The molecule has 5 N–H and O–H groups in total. The molecule has 0 radical (unpaired) electrons. The zero-order chi connectivity index (χ0) is 28.0. The summed E-state index contributed by atoms with van der Waals surface area (Å²) in [5.41, 5.74) is 6.35. The fraction of sp³-hybridized carbons (Fsp3) is 0.516. The van der Waals surface area contributed by atoms with Crippen LogP contribution in [0.15, 0.2) is 73.4 Å². The Morgan fingerprint density at radius 3 is 2.24 bits per heavy atom. The van der Waals surface area contributed by atoms with Crippen LogP contribution in [0.3, 0.4) is 0 Å². The number of aliphatic hydroxyl groups excluding tert-OH is 2. The van der Waals surface area contributed by atoms with E-state index in [9.17, 15) is 20.1 Å². The number of carbonyl (C=O) groups excluding carboxylic acids is 1. The lowest BCUT2D eigenvalue weighted by Crippen LogP contribution is -2.41. The molecular formula is C31H47NO5. The van der Waals surface area contributed by atoms with Crippen molar-refractivity contribution in [3.05, 3.63) is 78.9 Å². The highest BCUT2D eigenvalue weighted by Gasteiger charge is 2.33. The fourth-order valence-corrected chi connectivity index (χ4v) is 4.53. The molecule has 1 aromatic rings. The number of aryl methyl sites for hydroxylation is 1. The van der Waals surface area contributed by atoms with Crippen LogP contribution in [0.4, 0.5) is 4.79 Å². The van der Waals surface area contributed by atoms with Gasteiger partial charge in [0.25, 0.3) is 0 Å². The number of primary amides is 1. The van der Waals surface area contributed by atoms with Crippen molar-refractivity contribution in [2.24, 2.45) is 35.3 Å². The molecule has 0 bridgehead atoms. The van der Waals surface area contributed by atoms with Gasteiger partial charge in [-0.25, -0.2) is 4.79 Å². The second-order valence-electron chi connectivity index (χ2n) is 10.2. The highest BCUT2D eigenvalue weighted by Crippen LogP contribution is 2.27. The number of allylic oxidation sites excluding steroid dienone is 4. The van der Waals surface area contributed by atoms with Gasteiger partial charge in [-0.05, 0) is 42.9 Å². The molecule has 0 saturated heterocycles. The van der Waals surface area contributed by atoms with Crippen molar-refractivity contribution in [3.8, 4) is 5.75 Å². The molecule has 0 saturated carbocycles. The first-order valence-electron chi connectivity index (χ1n) is 13.2. The van der Waals surface area contributed by atoms with Crippen LogP contribution in [0.1, 0.15) is 53.0 Å². The predicted molar refractivity (Wildman–Crippen MR) is 151 cm³/mol. The van der Waals surface area contributed by atoms with E-state index in [4.69, 9.17) is 10.5 Å². The largest absolute Gasteiger partial charge is 0.508 e. The monoisotopic (exact) mass is 513 g/mol. The molecule has 0 aliphatic rings. The molecular weight excluding hydrogens is 466 g/mol. The Bertz CT molecular complexity index is 909.